The Morgan fingerprint density at radius 2 is 2.13 bits per heavy atom. The molecule has 2 aromatic rings. The number of carbonyl (C=O) groups excluding carboxylic acids is 1. The third kappa shape index (κ3) is 3.70. The molecule has 0 radical (unpaired) electrons. The fourth-order valence-electron chi connectivity index (χ4n) is 3.08. The van der Waals surface area contributed by atoms with Crippen LogP contribution in [0, 0.1) is 13.8 Å². The number of H-pyrrole nitrogens is 1. The van der Waals surface area contributed by atoms with Gasteiger partial charge in [-0.2, -0.15) is 0 Å². The Labute approximate surface area is 136 Å². The SMILES string of the molecule is Cc1cc(C)c(CNC(=O)N2CCC(c3cnc[nH]3)CC2)cn1. The molecule has 1 saturated heterocycles. The molecular formula is C17H23N5O. The van der Waals surface area contributed by atoms with Gasteiger partial charge in [-0.3, -0.25) is 4.98 Å². The van der Waals surface area contributed by atoms with Crippen molar-refractivity contribution in [2.45, 2.75) is 39.2 Å². The molecule has 0 aliphatic carbocycles. The first-order valence-corrected chi connectivity index (χ1v) is 8.06. The van der Waals surface area contributed by atoms with Crippen LogP contribution in [0.2, 0.25) is 0 Å². The third-order valence-electron chi connectivity index (χ3n) is 4.53. The number of hydrogen-bond donors (Lipinski definition) is 2. The smallest absolute Gasteiger partial charge is 0.317 e. The summed E-state index contributed by atoms with van der Waals surface area (Å²) in [6.45, 7) is 6.10. The maximum Gasteiger partial charge on any atom is 0.317 e. The molecule has 0 unspecified atom stereocenters. The summed E-state index contributed by atoms with van der Waals surface area (Å²) in [6, 6.07) is 2.05. The molecule has 1 aliphatic rings. The number of carbonyl (C=O) groups is 1. The number of aromatic nitrogens is 3. The minimum Gasteiger partial charge on any atom is -0.348 e. The van der Waals surface area contributed by atoms with Crippen LogP contribution in [0.1, 0.15) is 41.3 Å². The van der Waals surface area contributed by atoms with E-state index < -0.39 is 0 Å². The highest BCUT2D eigenvalue weighted by Crippen LogP contribution is 2.26. The van der Waals surface area contributed by atoms with Gasteiger partial charge in [-0.25, -0.2) is 9.78 Å². The second kappa shape index (κ2) is 6.81. The Kier molecular flexibility index (Phi) is 4.60. The molecule has 0 atom stereocenters. The predicted molar refractivity (Wildman–Crippen MR) is 88.1 cm³/mol. The number of nitrogens with zero attached hydrogens (tertiary/aromatic N) is 3. The summed E-state index contributed by atoms with van der Waals surface area (Å²) in [7, 11) is 0. The van der Waals surface area contributed by atoms with E-state index in [-0.39, 0.29) is 6.03 Å². The maximum atomic E-state index is 12.3. The van der Waals surface area contributed by atoms with E-state index in [1.165, 1.54) is 5.69 Å². The van der Waals surface area contributed by atoms with Crippen LogP contribution in [0.25, 0.3) is 0 Å². The number of imidazole rings is 1. The first-order chi connectivity index (χ1) is 11.1. The highest BCUT2D eigenvalue weighted by molar-refractivity contribution is 5.74. The molecule has 1 fully saturated rings. The second-order valence-electron chi connectivity index (χ2n) is 6.18. The third-order valence-corrected chi connectivity index (χ3v) is 4.53. The summed E-state index contributed by atoms with van der Waals surface area (Å²) < 4.78 is 0. The van der Waals surface area contributed by atoms with Crippen molar-refractivity contribution in [1.29, 1.82) is 0 Å². The molecule has 2 amide bonds. The van der Waals surface area contributed by atoms with Crippen LogP contribution in [0.5, 0.6) is 0 Å². The highest BCUT2D eigenvalue weighted by atomic mass is 16.2. The number of urea groups is 1. The van der Waals surface area contributed by atoms with Crippen LogP contribution in [0.3, 0.4) is 0 Å². The number of piperidine rings is 1. The molecule has 3 heterocycles. The van der Waals surface area contributed by atoms with Gasteiger partial charge in [-0.1, -0.05) is 0 Å². The summed E-state index contributed by atoms with van der Waals surface area (Å²) in [5.41, 5.74) is 4.40. The van der Waals surface area contributed by atoms with Gasteiger partial charge in [-0.15, -0.1) is 0 Å². The van der Waals surface area contributed by atoms with Crippen LogP contribution >= 0.6 is 0 Å². The quantitative estimate of drug-likeness (QED) is 0.914. The van der Waals surface area contributed by atoms with Crippen molar-refractivity contribution in [2.24, 2.45) is 0 Å². The molecule has 0 saturated carbocycles. The number of pyridine rings is 1. The predicted octanol–water partition coefficient (Wildman–Crippen LogP) is 2.51. The zero-order valence-corrected chi connectivity index (χ0v) is 13.7. The van der Waals surface area contributed by atoms with Crippen molar-refractivity contribution in [3.63, 3.8) is 0 Å². The second-order valence-corrected chi connectivity index (χ2v) is 6.18. The topological polar surface area (TPSA) is 73.9 Å². The van der Waals surface area contributed by atoms with Gasteiger partial charge in [-0.05, 0) is 43.9 Å². The Bertz CT molecular complexity index is 660. The molecule has 23 heavy (non-hydrogen) atoms. The number of rotatable bonds is 3. The van der Waals surface area contributed by atoms with Gasteiger partial charge in [0, 0.05) is 49.3 Å². The average Bonchev–Trinajstić information content (AvgIpc) is 3.08. The lowest BCUT2D eigenvalue weighted by Crippen LogP contribution is -2.43. The van der Waals surface area contributed by atoms with E-state index in [9.17, 15) is 4.79 Å². The standard InChI is InChI=1S/C17H23N5O/c1-12-7-13(2)19-8-15(12)9-20-17(23)22-5-3-14(4-6-22)16-10-18-11-21-16/h7-8,10-11,14H,3-6,9H2,1-2H3,(H,18,21)(H,20,23). The van der Waals surface area contributed by atoms with Crippen molar-refractivity contribution in [3.05, 3.63) is 47.3 Å². The number of aromatic amines is 1. The highest BCUT2D eigenvalue weighted by Gasteiger charge is 2.24. The van der Waals surface area contributed by atoms with Crippen molar-refractivity contribution in [1.82, 2.24) is 25.2 Å². The molecule has 6 nitrogen and oxygen atoms in total. The van der Waals surface area contributed by atoms with Crippen molar-refractivity contribution >= 4 is 6.03 Å². The van der Waals surface area contributed by atoms with Gasteiger partial charge in [0.2, 0.25) is 0 Å². The van der Waals surface area contributed by atoms with E-state index in [4.69, 9.17) is 0 Å². The number of likely N-dealkylation sites (tertiary alicyclic amines) is 1. The molecule has 2 N–H and O–H groups in total. The molecule has 0 spiro atoms. The zero-order valence-electron chi connectivity index (χ0n) is 13.7. The lowest BCUT2D eigenvalue weighted by molar-refractivity contribution is 0.180. The van der Waals surface area contributed by atoms with Crippen LogP contribution in [-0.4, -0.2) is 39.0 Å². The number of amides is 2. The van der Waals surface area contributed by atoms with Gasteiger partial charge < -0.3 is 15.2 Å². The fourth-order valence-corrected chi connectivity index (χ4v) is 3.08. The molecule has 3 rings (SSSR count). The molecule has 2 aromatic heterocycles. The van der Waals surface area contributed by atoms with E-state index in [2.05, 4.69) is 20.3 Å². The van der Waals surface area contributed by atoms with Crippen molar-refractivity contribution in [2.75, 3.05) is 13.1 Å². The van der Waals surface area contributed by atoms with E-state index in [0.717, 1.165) is 42.8 Å². The van der Waals surface area contributed by atoms with E-state index in [0.29, 0.717) is 12.5 Å². The van der Waals surface area contributed by atoms with Gasteiger partial charge in [0.15, 0.2) is 0 Å². The van der Waals surface area contributed by atoms with E-state index >= 15 is 0 Å². The van der Waals surface area contributed by atoms with Crippen LogP contribution in [0.15, 0.2) is 24.8 Å². The average molecular weight is 313 g/mol. The minimum atomic E-state index is 0.00744. The van der Waals surface area contributed by atoms with Crippen molar-refractivity contribution < 1.29 is 4.79 Å². The Morgan fingerprint density at radius 1 is 1.35 bits per heavy atom. The summed E-state index contributed by atoms with van der Waals surface area (Å²) in [6.07, 6.45) is 7.39. The van der Waals surface area contributed by atoms with Gasteiger partial charge in [0.25, 0.3) is 0 Å². The number of hydrogen-bond acceptors (Lipinski definition) is 3. The molecule has 6 heteroatoms. The number of nitrogens with one attached hydrogen (secondary N) is 2. The fraction of sp³-hybridized carbons (Fsp3) is 0.471. The minimum absolute atomic E-state index is 0.00744. The summed E-state index contributed by atoms with van der Waals surface area (Å²) in [4.78, 5) is 25.8. The van der Waals surface area contributed by atoms with Gasteiger partial charge in [0.05, 0.1) is 6.33 Å². The van der Waals surface area contributed by atoms with E-state index in [1.807, 2.05) is 37.2 Å². The number of aryl methyl sites for hydroxylation is 2. The summed E-state index contributed by atoms with van der Waals surface area (Å²) in [5, 5.41) is 3.01. The van der Waals surface area contributed by atoms with Crippen LogP contribution < -0.4 is 5.32 Å². The lowest BCUT2D eigenvalue weighted by atomic mass is 9.94. The largest absolute Gasteiger partial charge is 0.348 e. The summed E-state index contributed by atoms with van der Waals surface area (Å²) >= 11 is 0. The zero-order chi connectivity index (χ0) is 16.2. The Hall–Kier alpha value is -2.37. The molecule has 1 aliphatic heterocycles. The van der Waals surface area contributed by atoms with Gasteiger partial charge >= 0.3 is 6.03 Å². The lowest BCUT2D eigenvalue weighted by Gasteiger charge is -2.31. The first-order valence-electron chi connectivity index (χ1n) is 8.06. The Balaban J connectivity index is 1.50. The van der Waals surface area contributed by atoms with Crippen molar-refractivity contribution in [3.8, 4) is 0 Å². The maximum absolute atomic E-state index is 12.3. The van der Waals surface area contributed by atoms with Crippen LogP contribution in [-0.2, 0) is 6.54 Å². The van der Waals surface area contributed by atoms with Gasteiger partial charge in [0.1, 0.15) is 0 Å². The molecule has 0 aromatic carbocycles. The Morgan fingerprint density at radius 3 is 2.78 bits per heavy atom. The molecule has 0 bridgehead atoms. The van der Waals surface area contributed by atoms with Crippen LogP contribution in [0.4, 0.5) is 4.79 Å². The van der Waals surface area contributed by atoms with E-state index in [1.54, 1.807) is 6.33 Å². The monoisotopic (exact) mass is 313 g/mol. The normalized spacial score (nSPS) is 15.7. The molecule has 122 valence electrons. The first kappa shape index (κ1) is 15.5. The molecular weight excluding hydrogens is 290 g/mol. The summed E-state index contributed by atoms with van der Waals surface area (Å²) in [5.74, 6) is 0.477.